The molecule has 0 aromatic heterocycles. The van der Waals surface area contributed by atoms with Gasteiger partial charge in [-0.05, 0) is 30.4 Å². The second-order valence-corrected chi connectivity index (χ2v) is 5.35. The molecule has 1 aliphatic rings. The van der Waals surface area contributed by atoms with Crippen LogP contribution >= 0.6 is 0 Å². The zero-order valence-electron chi connectivity index (χ0n) is 12.0. The van der Waals surface area contributed by atoms with Crippen LogP contribution in [-0.4, -0.2) is 25.2 Å². The Morgan fingerprint density at radius 3 is 2.59 bits per heavy atom. The SMILES string of the molecule is NC(C(=O)NCc1ccccc1C(F)(F)F)C1CCOCC1. The number of alkyl halides is 3. The first-order valence-electron chi connectivity index (χ1n) is 7.15. The largest absolute Gasteiger partial charge is 0.416 e. The van der Waals surface area contributed by atoms with E-state index in [-0.39, 0.29) is 18.0 Å². The van der Waals surface area contributed by atoms with E-state index in [1.54, 1.807) is 0 Å². The van der Waals surface area contributed by atoms with E-state index >= 15 is 0 Å². The smallest absolute Gasteiger partial charge is 0.381 e. The van der Waals surface area contributed by atoms with E-state index < -0.39 is 23.7 Å². The Bertz CT molecular complexity index is 514. The van der Waals surface area contributed by atoms with Crippen LogP contribution in [0.25, 0.3) is 0 Å². The molecule has 0 aliphatic carbocycles. The molecule has 1 atom stereocenters. The van der Waals surface area contributed by atoms with Crippen molar-refractivity contribution in [3.63, 3.8) is 0 Å². The van der Waals surface area contributed by atoms with Crippen molar-refractivity contribution in [1.29, 1.82) is 0 Å². The Labute approximate surface area is 126 Å². The summed E-state index contributed by atoms with van der Waals surface area (Å²) in [5, 5.41) is 2.50. The molecule has 7 heteroatoms. The highest BCUT2D eigenvalue weighted by molar-refractivity contribution is 5.81. The highest BCUT2D eigenvalue weighted by atomic mass is 19.4. The van der Waals surface area contributed by atoms with Crippen LogP contribution < -0.4 is 11.1 Å². The molecule has 1 aromatic carbocycles. The van der Waals surface area contributed by atoms with Crippen molar-refractivity contribution in [2.24, 2.45) is 11.7 Å². The molecule has 3 N–H and O–H groups in total. The molecule has 1 aliphatic heterocycles. The van der Waals surface area contributed by atoms with Gasteiger partial charge in [-0.3, -0.25) is 4.79 Å². The lowest BCUT2D eigenvalue weighted by Gasteiger charge is -2.26. The summed E-state index contributed by atoms with van der Waals surface area (Å²) in [5.41, 5.74) is 5.18. The van der Waals surface area contributed by atoms with Crippen LogP contribution in [-0.2, 0) is 22.3 Å². The zero-order chi connectivity index (χ0) is 16.2. The van der Waals surface area contributed by atoms with Gasteiger partial charge in [0, 0.05) is 19.8 Å². The van der Waals surface area contributed by atoms with E-state index in [1.807, 2.05) is 0 Å². The molecule has 0 radical (unpaired) electrons. The lowest BCUT2D eigenvalue weighted by atomic mass is 9.92. The fraction of sp³-hybridized carbons (Fsp3) is 0.533. The van der Waals surface area contributed by atoms with Crippen LogP contribution in [0.1, 0.15) is 24.0 Å². The van der Waals surface area contributed by atoms with Crippen molar-refractivity contribution < 1.29 is 22.7 Å². The molecule has 4 nitrogen and oxygen atoms in total. The number of hydrogen-bond acceptors (Lipinski definition) is 3. The number of carbonyl (C=O) groups is 1. The highest BCUT2D eigenvalue weighted by Crippen LogP contribution is 2.31. The van der Waals surface area contributed by atoms with Crippen LogP contribution in [0.3, 0.4) is 0 Å². The average molecular weight is 316 g/mol. The summed E-state index contributed by atoms with van der Waals surface area (Å²) < 4.78 is 43.8. The topological polar surface area (TPSA) is 64.4 Å². The van der Waals surface area contributed by atoms with Crippen LogP contribution in [0.4, 0.5) is 13.2 Å². The Balaban J connectivity index is 1.96. The monoisotopic (exact) mass is 316 g/mol. The van der Waals surface area contributed by atoms with E-state index in [4.69, 9.17) is 10.5 Å². The van der Waals surface area contributed by atoms with Gasteiger partial charge in [0.15, 0.2) is 0 Å². The lowest BCUT2D eigenvalue weighted by molar-refractivity contribution is -0.138. The van der Waals surface area contributed by atoms with Gasteiger partial charge in [-0.25, -0.2) is 0 Å². The third kappa shape index (κ3) is 4.20. The van der Waals surface area contributed by atoms with Gasteiger partial charge in [0.1, 0.15) is 0 Å². The second-order valence-electron chi connectivity index (χ2n) is 5.35. The number of amides is 1. The van der Waals surface area contributed by atoms with Gasteiger partial charge in [-0.15, -0.1) is 0 Å². The molecule has 1 fully saturated rings. The minimum atomic E-state index is -4.44. The number of benzene rings is 1. The molecule has 0 saturated carbocycles. The standard InChI is InChI=1S/C15H19F3N2O2/c16-15(17,18)12-4-2-1-3-11(12)9-20-14(21)13(19)10-5-7-22-8-6-10/h1-4,10,13H,5-9,19H2,(H,20,21). The van der Waals surface area contributed by atoms with Gasteiger partial charge in [0.05, 0.1) is 11.6 Å². The molecule has 0 spiro atoms. The Morgan fingerprint density at radius 1 is 1.32 bits per heavy atom. The first-order chi connectivity index (χ1) is 10.4. The number of halogens is 3. The predicted molar refractivity (Wildman–Crippen MR) is 74.8 cm³/mol. The van der Waals surface area contributed by atoms with Crippen molar-refractivity contribution in [2.45, 2.75) is 31.6 Å². The molecule has 122 valence electrons. The fourth-order valence-electron chi connectivity index (χ4n) is 2.54. The third-order valence-corrected chi connectivity index (χ3v) is 3.85. The average Bonchev–Trinajstić information content (AvgIpc) is 2.52. The van der Waals surface area contributed by atoms with Crippen molar-refractivity contribution in [3.05, 3.63) is 35.4 Å². The van der Waals surface area contributed by atoms with Crippen molar-refractivity contribution in [1.82, 2.24) is 5.32 Å². The molecule has 1 heterocycles. The quantitative estimate of drug-likeness (QED) is 0.894. The first-order valence-corrected chi connectivity index (χ1v) is 7.15. The van der Waals surface area contributed by atoms with Crippen molar-refractivity contribution in [2.75, 3.05) is 13.2 Å². The summed E-state index contributed by atoms with van der Waals surface area (Å²) in [6, 6.07) is 4.46. The summed E-state index contributed by atoms with van der Waals surface area (Å²) >= 11 is 0. The Kier molecular flexibility index (Phi) is 5.42. The van der Waals surface area contributed by atoms with E-state index in [1.165, 1.54) is 18.2 Å². The minimum Gasteiger partial charge on any atom is -0.381 e. The highest BCUT2D eigenvalue weighted by Gasteiger charge is 2.33. The Morgan fingerprint density at radius 2 is 1.95 bits per heavy atom. The number of nitrogens with two attached hydrogens (primary N) is 1. The van der Waals surface area contributed by atoms with Crippen LogP contribution in [0.2, 0.25) is 0 Å². The molecule has 0 bridgehead atoms. The zero-order valence-corrected chi connectivity index (χ0v) is 12.0. The molecule has 1 aromatic rings. The van der Waals surface area contributed by atoms with Crippen molar-refractivity contribution >= 4 is 5.91 Å². The summed E-state index contributed by atoms with van der Waals surface area (Å²) in [6.07, 6.45) is -3.06. The van der Waals surface area contributed by atoms with Crippen LogP contribution in [0.5, 0.6) is 0 Å². The molecule has 1 unspecified atom stereocenters. The maximum Gasteiger partial charge on any atom is 0.416 e. The van der Waals surface area contributed by atoms with E-state index in [9.17, 15) is 18.0 Å². The van der Waals surface area contributed by atoms with Crippen LogP contribution in [0.15, 0.2) is 24.3 Å². The maximum atomic E-state index is 12.9. The summed E-state index contributed by atoms with van der Waals surface area (Å²) in [6.45, 7) is 0.927. The summed E-state index contributed by atoms with van der Waals surface area (Å²) in [5.74, 6) is -0.421. The van der Waals surface area contributed by atoms with Gasteiger partial charge in [0.2, 0.25) is 5.91 Å². The van der Waals surface area contributed by atoms with Gasteiger partial charge >= 0.3 is 6.18 Å². The first kappa shape index (κ1) is 16.8. The number of hydrogen-bond donors (Lipinski definition) is 2. The van der Waals surface area contributed by atoms with E-state index in [0.29, 0.717) is 26.1 Å². The molecule has 22 heavy (non-hydrogen) atoms. The summed E-state index contributed by atoms with van der Waals surface area (Å²) in [4.78, 5) is 12.0. The second kappa shape index (κ2) is 7.11. The fourth-order valence-corrected chi connectivity index (χ4v) is 2.54. The summed E-state index contributed by atoms with van der Waals surface area (Å²) in [7, 11) is 0. The van der Waals surface area contributed by atoms with Gasteiger partial charge in [-0.1, -0.05) is 18.2 Å². The minimum absolute atomic E-state index is 0.00612. The molecular weight excluding hydrogens is 297 g/mol. The maximum absolute atomic E-state index is 12.9. The molecule has 1 amide bonds. The lowest BCUT2D eigenvalue weighted by Crippen LogP contribution is -2.46. The van der Waals surface area contributed by atoms with E-state index in [2.05, 4.69) is 5.32 Å². The Hall–Kier alpha value is -1.60. The third-order valence-electron chi connectivity index (χ3n) is 3.85. The van der Waals surface area contributed by atoms with Gasteiger partial charge in [-0.2, -0.15) is 13.2 Å². The molecule has 2 rings (SSSR count). The molecule has 1 saturated heterocycles. The number of rotatable bonds is 4. The predicted octanol–water partition coefficient (Wildman–Crippen LogP) is 2.08. The van der Waals surface area contributed by atoms with E-state index in [0.717, 1.165) is 6.07 Å². The van der Waals surface area contributed by atoms with Crippen LogP contribution in [0, 0.1) is 5.92 Å². The number of nitrogens with one attached hydrogen (secondary N) is 1. The number of ether oxygens (including phenoxy) is 1. The number of carbonyl (C=O) groups excluding carboxylic acids is 1. The molecular formula is C15H19F3N2O2. The normalized spacial score (nSPS) is 18.0. The van der Waals surface area contributed by atoms with Crippen molar-refractivity contribution in [3.8, 4) is 0 Å². The van der Waals surface area contributed by atoms with Gasteiger partial charge in [0.25, 0.3) is 0 Å². The van der Waals surface area contributed by atoms with Gasteiger partial charge < -0.3 is 15.8 Å².